The quantitative estimate of drug-likeness (QED) is 0.518. The molecule has 1 saturated heterocycles. The molecule has 1 aliphatic heterocycles. The number of aryl methyl sites for hydroxylation is 1. The zero-order chi connectivity index (χ0) is 22.4. The van der Waals surface area contributed by atoms with Gasteiger partial charge < -0.3 is 5.32 Å². The zero-order valence-corrected chi connectivity index (χ0v) is 19.6. The molecule has 1 aliphatic rings. The first-order chi connectivity index (χ1) is 15.5. The van der Waals surface area contributed by atoms with E-state index >= 15 is 0 Å². The van der Waals surface area contributed by atoms with Crippen molar-refractivity contribution in [1.29, 1.82) is 0 Å². The Labute approximate surface area is 194 Å². The Morgan fingerprint density at radius 2 is 1.66 bits per heavy atom. The van der Waals surface area contributed by atoms with Gasteiger partial charge in [0.15, 0.2) is 0 Å². The maximum atomic E-state index is 12.8. The summed E-state index contributed by atoms with van der Waals surface area (Å²) >= 11 is 1.62. The highest BCUT2D eigenvalue weighted by Gasteiger charge is 2.25. The highest BCUT2D eigenvalue weighted by molar-refractivity contribution is 7.89. The minimum atomic E-state index is -3.43. The molecule has 0 aliphatic carbocycles. The molecule has 0 bridgehead atoms. The van der Waals surface area contributed by atoms with Crippen LogP contribution in [0.1, 0.15) is 47.7 Å². The molecular weight excluding hydrogens is 440 g/mol. The van der Waals surface area contributed by atoms with Gasteiger partial charge in [0.25, 0.3) is 0 Å². The number of amides is 1. The number of carbonyl (C=O) groups is 1. The molecule has 0 saturated carbocycles. The average molecular weight is 469 g/mol. The van der Waals surface area contributed by atoms with Gasteiger partial charge in [0.1, 0.15) is 0 Å². The lowest BCUT2D eigenvalue weighted by molar-refractivity contribution is -0.121. The van der Waals surface area contributed by atoms with Crippen molar-refractivity contribution in [1.82, 2.24) is 9.62 Å². The summed E-state index contributed by atoms with van der Waals surface area (Å²) in [5, 5.41) is 5.16. The van der Waals surface area contributed by atoms with Crippen LogP contribution in [-0.2, 0) is 21.2 Å². The maximum Gasteiger partial charge on any atom is 0.243 e. The summed E-state index contributed by atoms with van der Waals surface area (Å²) < 4.78 is 27.2. The van der Waals surface area contributed by atoms with Crippen LogP contribution in [0, 0.1) is 0 Å². The van der Waals surface area contributed by atoms with Crippen molar-refractivity contribution in [3.05, 3.63) is 88.1 Å². The predicted octanol–water partition coefficient (Wildman–Crippen LogP) is 4.76. The summed E-state index contributed by atoms with van der Waals surface area (Å²) in [5.74, 6) is -0.0303. The smallest absolute Gasteiger partial charge is 0.243 e. The van der Waals surface area contributed by atoms with E-state index in [-0.39, 0.29) is 11.9 Å². The molecule has 1 N–H and O–H groups in total. The van der Waals surface area contributed by atoms with E-state index in [2.05, 4.69) is 5.32 Å². The van der Waals surface area contributed by atoms with Gasteiger partial charge in [-0.05, 0) is 54.0 Å². The van der Waals surface area contributed by atoms with Crippen LogP contribution in [0.15, 0.2) is 77.0 Å². The minimum absolute atomic E-state index is 0.0303. The van der Waals surface area contributed by atoms with E-state index in [4.69, 9.17) is 0 Å². The lowest BCUT2D eigenvalue weighted by atomic mass is 10.0. The topological polar surface area (TPSA) is 66.5 Å². The summed E-state index contributed by atoms with van der Waals surface area (Å²) in [7, 11) is -3.43. The molecule has 4 rings (SSSR count). The van der Waals surface area contributed by atoms with Crippen LogP contribution < -0.4 is 5.32 Å². The molecule has 3 aromatic rings. The molecular formula is C25H28N2O3S2. The number of rotatable bonds is 8. The van der Waals surface area contributed by atoms with E-state index in [1.54, 1.807) is 27.8 Å². The standard InChI is InChI=1S/C25H28N2O3S2/c28-24(26-25(23-10-7-19-31-23)21-8-3-1-4-9-21)16-13-20-11-14-22(15-12-20)32(29,30)27-17-5-2-6-18-27/h1,3-4,7-12,14-15,19,25H,2,5-6,13,16-18H2,(H,26,28). The number of hydrogen-bond donors (Lipinski definition) is 1. The number of nitrogens with zero attached hydrogens (tertiary/aromatic N) is 1. The Hall–Kier alpha value is -2.48. The lowest BCUT2D eigenvalue weighted by Gasteiger charge is -2.25. The van der Waals surface area contributed by atoms with Crippen molar-refractivity contribution in [2.24, 2.45) is 0 Å². The van der Waals surface area contributed by atoms with Crippen LogP contribution >= 0.6 is 11.3 Å². The molecule has 0 radical (unpaired) electrons. The third-order valence-electron chi connectivity index (χ3n) is 5.78. The molecule has 1 atom stereocenters. The summed E-state index contributed by atoms with van der Waals surface area (Å²) in [4.78, 5) is 14.1. The summed E-state index contributed by atoms with van der Waals surface area (Å²) in [6, 6.07) is 20.8. The minimum Gasteiger partial charge on any atom is -0.344 e. The van der Waals surface area contributed by atoms with Crippen molar-refractivity contribution in [2.75, 3.05) is 13.1 Å². The molecule has 32 heavy (non-hydrogen) atoms. The average Bonchev–Trinajstić information content (AvgIpc) is 3.37. The second-order valence-corrected chi connectivity index (χ2v) is 11.0. The molecule has 168 valence electrons. The van der Waals surface area contributed by atoms with Crippen LogP contribution in [-0.4, -0.2) is 31.7 Å². The number of carbonyl (C=O) groups excluding carboxylic acids is 1. The van der Waals surface area contributed by atoms with E-state index in [0.29, 0.717) is 30.8 Å². The van der Waals surface area contributed by atoms with Gasteiger partial charge in [0, 0.05) is 24.4 Å². The second-order valence-electron chi connectivity index (χ2n) is 8.04. The molecule has 1 amide bonds. The Bertz CT molecular complexity index is 1110. The van der Waals surface area contributed by atoms with E-state index < -0.39 is 10.0 Å². The van der Waals surface area contributed by atoms with Crippen LogP contribution in [0.5, 0.6) is 0 Å². The maximum absolute atomic E-state index is 12.8. The van der Waals surface area contributed by atoms with E-state index in [9.17, 15) is 13.2 Å². The van der Waals surface area contributed by atoms with E-state index in [0.717, 1.165) is 35.3 Å². The fourth-order valence-electron chi connectivity index (χ4n) is 3.99. The van der Waals surface area contributed by atoms with Crippen molar-refractivity contribution in [2.45, 2.75) is 43.0 Å². The van der Waals surface area contributed by atoms with Gasteiger partial charge in [-0.15, -0.1) is 11.3 Å². The summed E-state index contributed by atoms with van der Waals surface area (Å²) in [6.45, 7) is 1.19. The largest absolute Gasteiger partial charge is 0.344 e. The fourth-order valence-corrected chi connectivity index (χ4v) is 6.31. The number of hydrogen-bond acceptors (Lipinski definition) is 4. The molecule has 1 aromatic heterocycles. The number of thiophene rings is 1. The fraction of sp³-hybridized carbons (Fsp3) is 0.320. The Balaban J connectivity index is 1.37. The monoisotopic (exact) mass is 468 g/mol. The highest BCUT2D eigenvalue weighted by Crippen LogP contribution is 2.26. The Morgan fingerprint density at radius 3 is 2.31 bits per heavy atom. The van der Waals surface area contributed by atoms with Gasteiger partial charge in [0.05, 0.1) is 10.9 Å². The lowest BCUT2D eigenvalue weighted by Crippen LogP contribution is -2.35. The first-order valence-corrected chi connectivity index (χ1v) is 13.3. The van der Waals surface area contributed by atoms with Crippen molar-refractivity contribution >= 4 is 27.3 Å². The Kier molecular flexibility index (Phi) is 7.40. The molecule has 1 fully saturated rings. The molecule has 2 aromatic carbocycles. The normalized spacial score (nSPS) is 15.9. The van der Waals surface area contributed by atoms with Gasteiger partial charge in [-0.2, -0.15) is 4.31 Å². The number of sulfonamides is 1. The van der Waals surface area contributed by atoms with Crippen LogP contribution in [0.25, 0.3) is 0 Å². The van der Waals surface area contributed by atoms with Crippen LogP contribution in [0.3, 0.4) is 0 Å². The first-order valence-electron chi connectivity index (χ1n) is 11.0. The zero-order valence-electron chi connectivity index (χ0n) is 17.9. The summed E-state index contributed by atoms with van der Waals surface area (Å²) in [6.07, 6.45) is 3.82. The van der Waals surface area contributed by atoms with Gasteiger partial charge in [0.2, 0.25) is 15.9 Å². The van der Waals surface area contributed by atoms with Crippen molar-refractivity contribution < 1.29 is 13.2 Å². The van der Waals surface area contributed by atoms with Crippen LogP contribution in [0.2, 0.25) is 0 Å². The van der Waals surface area contributed by atoms with Crippen molar-refractivity contribution in [3.8, 4) is 0 Å². The highest BCUT2D eigenvalue weighted by atomic mass is 32.2. The molecule has 7 heteroatoms. The van der Waals surface area contributed by atoms with Crippen molar-refractivity contribution in [3.63, 3.8) is 0 Å². The third kappa shape index (κ3) is 5.46. The van der Waals surface area contributed by atoms with Gasteiger partial charge in [-0.25, -0.2) is 8.42 Å². The number of nitrogens with one attached hydrogen (secondary N) is 1. The first kappa shape index (κ1) is 22.7. The van der Waals surface area contributed by atoms with Crippen LogP contribution in [0.4, 0.5) is 0 Å². The molecule has 5 nitrogen and oxygen atoms in total. The molecule has 2 heterocycles. The van der Waals surface area contributed by atoms with E-state index in [1.807, 2.05) is 60.0 Å². The molecule has 1 unspecified atom stereocenters. The number of piperidine rings is 1. The van der Waals surface area contributed by atoms with Gasteiger partial charge >= 0.3 is 0 Å². The summed E-state index contributed by atoms with van der Waals surface area (Å²) in [5.41, 5.74) is 2.00. The molecule has 0 spiro atoms. The third-order valence-corrected chi connectivity index (χ3v) is 8.63. The Morgan fingerprint density at radius 1 is 0.938 bits per heavy atom. The van der Waals surface area contributed by atoms with E-state index in [1.165, 1.54) is 0 Å². The SMILES string of the molecule is O=C(CCc1ccc(S(=O)(=O)N2CCCCC2)cc1)NC(c1ccccc1)c1cccs1. The van der Waals surface area contributed by atoms with Gasteiger partial charge in [-0.3, -0.25) is 4.79 Å². The number of benzene rings is 2. The predicted molar refractivity (Wildman–Crippen MR) is 128 cm³/mol. The van der Waals surface area contributed by atoms with Gasteiger partial charge in [-0.1, -0.05) is 55.0 Å². The second kappa shape index (κ2) is 10.4.